The lowest BCUT2D eigenvalue weighted by Gasteiger charge is -2.35. The predicted molar refractivity (Wildman–Crippen MR) is 113 cm³/mol. The van der Waals surface area contributed by atoms with Crippen LogP contribution in [0.1, 0.15) is 42.9 Å². The molecule has 1 saturated heterocycles. The van der Waals surface area contributed by atoms with E-state index in [-0.39, 0.29) is 12.0 Å². The molecular weight excluding hydrogens is 364 g/mol. The van der Waals surface area contributed by atoms with E-state index < -0.39 is 0 Å². The number of aromatic nitrogens is 2. The van der Waals surface area contributed by atoms with Gasteiger partial charge in [-0.3, -0.25) is 4.79 Å². The maximum absolute atomic E-state index is 12.7. The first kappa shape index (κ1) is 19.7. The van der Waals surface area contributed by atoms with Crippen molar-refractivity contribution < 1.29 is 9.53 Å². The minimum Gasteiger partial charge on any atom is -0.490 e. The lowest BCUT2D eigenvalue weighted by atomic mass is 10.0. The number of carbonyl (C=O) groups is 1. The number of piperazine rings is 1. The van der Waals surface area contributed by atoms with E-state index in [1.165, 1.54) is 11.1 Å². The van der Waals surface area contributed by atoms with Crippen LogP contribution in [-0.2, 0) is 24.1 Å². The van der Waals surface area contributed by atoms with Gasteiger partial charge in [0.05, 0.1) is 0 Å². The molecule has 1 fully saturated rings. The van der Waals surface area contributed by atoms with Crippen LogP contribution in [0.3, 0.4) is 0 Å². The second-order valence-corrected chi connectivity index (χ2v) is 8.08. The quantitative estimate of drug-likeness (QED) is 0.780. The van der Waals surface area contributed by atoms with Gasteiger partial charge in [0, 0.05) is 57.2 Å². The number of hydrogen-bond donors (Lipinski definition) is 0. The summed E-state index contributed by atoms with van der Waals surface area (Å²) in [5, 5.41) is 0. The molecule has 0 spiro atoms. The van der Waals surface area contributed by atoms with Crippen molar-refractivity contribution in [3.63, 3.8) is 0 Å². The zero-order valence-corrected chi connectivity index (χ0v) is 17.6. The number of amides is 1. The second kappa shape index (κ2) is 8.39. The van der Waals surface area contributed by atoms with E-state index in [9.17, 15) is 4.79 Å². The molecule has 4 rings (SSSR count). The highest BCUT2D eigenvalue weighted by atomic mass is 16.5. The highest BCUT2D eigenvalue weighted by Gasteiger charge is 2.23. The fourth-order valence-corrected chi connectivity index (χ4v) is 4.16. The van der Waals surface area contributed by atoms with Crippen molar-refractivity contribution in [1.29, 1.82) is 0 Å². The Labute approximate surface area is 172 Å². The van der Waals surface area contributed by atoms with Crippen molar-refractivity contribution in [2.24, 2.45) is 0 Å². The number of fused-ring (bicyclic) bond motifs is 1. The summed E-state index contributed by atoms with van der Waals surface area (Å²) >= 11 is 0. The van der Waals surface area contributed by atoms with E-state index >= 15 is 0 Å². The fourth-order valence-electron chi connectivity index (χ4n) is 4.16. The summed E-state index contributed by atoms with van der Waals surface area (Å²) in [5.41, 5.74) is 3.49. The van der Waals surface area contributed by atoms with Gasteiger partial charge in [0.2, 0.25) is 5.91 Å². The monoisotopic (exact) mass is 394 g/mol. The predicted octanol–water partition coefficient (Wildman–Crippen LogP) is 2.95. The molecule has 0 aliphatic carbocycles. The van der Waals surface area contributed by atoms with Crippen molar-refractivity contribution in [3.8, 4) is 5.75 Å². The zero-order chi connectivity index (χ0) is 20.4. The molecular formula is C23H30N4O2. The van der Waals surface area contributed by atoms with Gasteiger partial charge in [0.1, 0.15) is 23.5 Å². The Hall–Kier alpha value is -2.63. The van der Waals surface area contributed by atoms with Crippen molar-refractivity contribution in [3.05, 3.63) is 46.9 Å². The molecule has 6 heteroatoms. The molecule has 29 heavy (non-hydrogen) atoms. The average molecular weight is 395 g/mol. The SMILES string of the molecule is CCc1nc(C)cc(N2CCN(C(=O)CCc3ccc4c(c3)C[C@@H](C)O4)CC2)n1. The first-order valence-electron chi connectivity index (χ1n) is 10.7. The molecule has 0 radical (unpaired) electrons. The molecule has 0 N–H and O–H groups in total. The normalized spacial score (nSPS) is 18.5. The van der Waals surface area contributed by atoms with Crippen LogP contribution >= 0.6 is 0 Å². The Morgan fingerprint density at radius 1 is 1.17 bits per heavy atom. The van der Waals surface area contributed by atoms with E-state index in [0.717, 1.165) is 68.5 Å². The minimum atomic E-state index is 0.239. The number of ether oxygens (including phenoxy) is 1. The lowest BCUT2D eigenvalue weighted by Crippen LogP contribution is -2.49. The highest BCUT2D eigenvalue weighted by molar-refractivity contribution is 5.76. The summed E-state index contributed by atoms with van der Waals surface area (Å²) in [6.07, 6.45) is 3.39. The van der Waals surface area contributed by atoms with E-state index in [0.29, 0.717) is 6.42 Å². The van der Waals surface area contributed by atoms with Crippen LogP contribution in [0.15, 0.2) is 24.3 Å². The van der Waals surface area contributed by atoms with Gasteiger partial charge in [0.25, 0.3) is 0 Å². The average Bonchev–Trinajstić information content (AvgIpc) is 3.10. The third kappa shape index (κ3) is 4.52. The van der Waals surface area contributed by atoms with Gasteiger partial charge in [-0.25, -0.2) is 9.97 Å². The Morgan fingerprint density at radius 2 is 1.97 bits per heavy atom. The number of hydrogen-bond acceptors (Lipinski definition) is 5. The Kier molecular flexibility index (Phi) is 5.69. The maximum Gasteiger partial charge on any atom is 0.223 e. The number of nitrogens with zero attached hydrogens (tertiary/aromatic N) is 4. The molecule has 2 aliphatic rings. The summed E-state index contributed by atoms with van der Waals surface area (Å²) in [7, 11) is 0. The smallest absolute Gasteiger partial charge is 0.223 e. The van der Waals surface area contributed by atoms with Crippen LogP contribution in [0.4, 0.5) is 5.82 Å². The molecule has 2 aromatic rings. The van der Waals surface area contributed by atoms with Crippen LogP contribution < -0.4 is 9.64 Å². The molecule has 6 nitrogen and oxygen atoms in total. The van der Waals surface area contributed by atoms with Gasteiger partial charge >= 0.3 is 0 Å². The second-order valence-electron chi connectivity index (χ2n) is 8.08. The summed E-state index contributed by atoms with van der Waals surface area (Å²) < 4.78 is 5.76. The molecule has 3 heterocycles. The zero-order valence-electron chi connectivity index (χ0n) is 17.6. The van der Waals surface area contributed by atoms with E-state index in [4.69, 9.17) is 4.74 Å². The molecule has 1 atom stereocenters. The van der Waals surface area contributed by atoms with Gasteiger partial charge in [-0.1, -0.05) is 19.1 Å². The maximum atomic E-state index is 12.7. The molecule has 154 valence electrons. The number of carbonyl (C=O) groups excluding carboxylic acids is 1. The van der Waals surface area contributed by atoms with Gasteiger partial charge in [-0.05, 0) is 37.5 Å². The summed E-state index contributed by atoms with van der Waals surface area (Å²) in [6.45, 7) is 9.31. The topological polar surface area (TPSA) is 58.6 Å². The van der Waals surface area contributed by atoms with E-state index in [2.05, 4.69) is 40.8 Å². The Balaban J connectivity index is 1.29. The summed E-state index contributed by atoms with van der Waals surface area (Å²) in [6, 6.07) is 8.37. The van der Waals surface area contributed by atoms with Crippen LogP contribution in [0, 0.1) is 6.92 Å². The van der Waals surface area contributed by atoms with Crippen LogP contribution in [0.2, 0.25) is 0 Å². The van der Waals surface area contributed by atoms with Crippen molar-refractivity contribution in [1.82, 2.24) is 14.9 Å². The first-order chi connectivity index (χ1) is 14.0. The van der Waals surface area contributed by atoms with E-state index in [1.807, 2.05) is 24.0 Å². The number of rotatable bonds is 5. The Bertz CT molecular complexity index is 890. The third-order valence-corrected chi connectivity index (χ3v) is 5.75. The largest absolute Gasteiger partial charge is 0.490 e. The minimum absolute atomic E-state index is 0.239. The van der Waals surface area contributed by atoms with Crippen molar-refractivity contribution in [2.75, 3.05) is 31.1 Å². The van der Waals surface area contributed by atoms with E-state index in [1.54, 1.807) is 0 Å². The molecule has 0 saturated carbocycles. The van der Waals surface area contributed by atoms with Gasteiger partial charge in [-0.15, -0.1) is 0 Å². The highest BCUT2D eigenvalue weighted by Crippen LogP contribution is 2.29. The fraction of sp³-hybridized carbons (Fsp3) is 0.522. The molecule has 2 aliphatic heterocycles. The summed E-state index contributed by atoms with van der Waals surface area (Å²) in [4.78, 5) is 26.1. The molecule has 0 unspecified atom stereocenters. The molecule has 1 aromatic heterocycles. The molecule has 0 bridgehead atoms. The van der Waals surface area contributed by atoms with Gasteiger partial charge in [0.15, 0.2) is 0 Å². The standard InChI is InChI=1S/C23H30N4O2/c1-4-21-24-16(2)13-22(25-21)26-9-11-27(12-10-26)23(28)8-6-18-5-7-20-19(15-18)14-17(3)29-20/h5,7,13,15,17H,4,6,8-12,14H2,1-3H3/t17-/m1/s1. The van der Waals surface area contributed by atoms with Gasteiger partial charge in [-0.2, -0.15) is 0 Å². The lowest BCUT2D eigenvalue weighted by molar-refractivity contribution is -0.131. The van der Waals surface area contributed by atoms with Crippen molar-refractivity contribution in [2.45, 2.75) is 52.6 Å². The number of benzene rings is 1. The molecule has 1 aromatic carbocycles. The van der Waals surface area contributed by atoms with Crippen LogP contribution in [0.25, 0.3) is 0 Å². The summed E-state index contributed by atoms with van der Waals surface area (Å²) in [5.74, 6) is 3.10. The number of aryl methyl sites for hydroxylation is 3. The first-order valence-corrected chi connectivity index (χ1v) is 10.7. The number of anilines is 1. The Morgan fingerprint density at radius 3 is 2.72 bits per heavy atom. The van der Waals surface area contributed by atoms with Gasteiger partial charge < -0.3 is 14.5 Å². The van der Waals surface area contributed by atoms with Crippen LogP contribution in [0.5, 0.6) is 5.75 Å². The van der Waals surface area contributed by atoms with Crippen LogP contribution in [-0.4, -0.2) is 53.1 Å². The molecule has 1 amide bonds. The third-order valence-electron chi connectivity index (χ3n) is 5.75. The van der Waals surface area contributed by atoms with Crippen molar-refractivity contribution >= 4 is 11.7 Å².